The Morgan fingerprint density at radius 2 is 1.82 bits per heavy atom. The first-order chi connectivity index (χ1) is 10.6. The number of carbonyl (C=O) groups excluding carboxylic acids is 1. The van der Waals surface area contributed by atoms with Crippen LogP contribution in [0.15, 0.2) is 59.5 Å². The lowest BCUT2D eigenvalue weighted by atomic mass is 10.1. The molecule has 2 aromatic rings. The molecule has 0 aliphatic heterocycles. The molecule has 0 spiro atoms. The molecule has 2 aromatic carbocycles. The van der Waals surface area contributed by atoms with E-state index in [-0.39, 0.29) is 24.9 Å². The van der Waals surface area contributed by atoms with Gasteiger partial charge < -0.3 is 10.0 Å². The van der Waals surface area contributed by atoms with Crippen molar-refractivity contribution < 1.29 is 14.3 Å². The molecule has 0 aliphatic carbocycles. The summed E-state index contributed by atoms with van der Waals surface area (Å²) in [5, 5.41) is 8.59. The van der Waals surface area contributed by atoms with Crippen molar-refractivity contribution in [3.05, 3.63) is 66.0 Å². The Kier molecular flexibility index (Phi) is 5.98. The number of thioether (sulfide) groups is 1. The molecule has 0 saturated carbocycles. The molecule has 1 N–H and O–H groups in total. The van der Waals surface area contributed by atoms with Gasteiger partial charge in [-0.3, -0.25) is 4.79 Å². The molecule has 1 unspecified atom stereocenters. The number of halogens is 1. The Bertz CT molecular complexity index is 604. The van der Waals surface area contributed by atoms with E-state index >= 15 is 0 Å². The molecule has 5 heteroatoms. The molecule has 0 bridgehead atoms. The summed E-state index contributed by atoms with van der Waals surface area (Å²) in [6.45, 7) is 0.205. The van der Waals surface area contributed by atoms with Gasteiger partial charge >= 0.3 is 0 Å². The van der Waals surface area contributed by atoms with Crippen LogP contribution in [0.25, 0.3) is 0 Å². The summed E-state index contributed by atoms with van der Waals surface area (Å²) in [5.41, 5.74) is 0.881. The molecule has 0 aliphatic rings. The predicted octanol–water partition coefficient (Wildman–Crippen LogP) is 3.11. The van der Waals surface area contributed by atoms with Gasteiger partial charge in [-0.1, -0.05) is 30.3 Å². The zero-order valence-electron chi connectivity index (χ0n) is 12.3. The molecule has 1 amide bonds. The number of benzene rings is 2. The van der Waals surface area contributed by atoms with E-state index in [2.05, 4.69) is 0 Å². The van der Waals surface area contributed by atoms with Crippen molar-refractivity contribution in [3.63, 3.8) is 0 Å². The maximum atomic E-state index is 13.0. The van der Waals surface area contributed by atoms with Gasteiger partial charge in [0, 0.05) is 18.5 Å². The minimum atomic E-state index is -0.428. The Balaban J connectivity index is 2.25. The van der Waals surface area contributed by atoms with Crippen LogP contribution in [0.1, 0.15) is 10.8 Å². The summed E-state index contributed by atoms with van der Waals surface area (Å²) >= 11 is 1.37. The standard InChI is InChI=1S/C17H18FNO2S/c1-19(11-12-20)17(21)16(13-5-3-2-4-6-13)22-15-9-7-14(18)8-10-15/h2-10,16,20H,11-12H2,1H3. The average Bonchev–Trinajstić information content (AvgIpc) is 2.55. The topological polar surface area (TPSA) is 40.5 Å². The molecule has 0 saturated heterocycles. The lowest BCUT2D eigenvalue weighted by molar-refractivity contribution is -0.129. The molecule has 0 fully saturated rings. The van der Waals surface area contributed by atoms with Gasteiger partial charge in [-0.2, -0.15) is 0 Å². The largest absolute Gasteiger partial charge is 0.395 e. The summed E-state index contributed by atoms with van der Waals surface area (Å²) in [4.78, 5) is 15.0. The van der Waals surface area contributed by atoms with Crippen molar-refractivity contribution in [1.29, 1.82) is 0 Å². The SMILES string of the molecule is CN(CCO)C(=O)C(Sc1ccc(F)cc1)c1ccccc1. The fourth-order valence-electron chi connectivity index (χ4n) is 2.00. The number of amides is 1. The third-order valence-electron chi connectivity index (χ3n) is 3.21. The fourth-order valence-corrected chi connectivity index (χ4v) is 3.14. The zero-order valence-corrected chi connectivity index (χ0v) is 13.1. The number of aliphatic hydroxyl groups is 1. The fraction of sp³-hybridized carbons (Fsp3) is 0.235. The minimum Gasteiger partial charge on any atom is -0.395 e. The summed E-state index contributed by atoms with van der Waals surface area (Å²) in [7, 11) is 1.67. The number of hydrogen-bond acceptors (Lipinski definition) is 3. The number of hydrogen-bond donors (Lipinski definition) is 1. The van der Waals surface area contributed by atoms with Crippen molar-refractivity contribution in [1.82, 2.24) is 4.90 Å². The van der Waals surface area contributed by atoms with Crippen LogP contribution in [0.3, 0.4) is 0 Å². The quantitative estimate of drug-likeness (QED) is 0.832. The highest BCUT2D eigenvalue weighted by atomic mass is 32.2. The smallest absolute Gasteiger partial charge is 0.240 e. The maximum Gasteiger partial charge on any atom is 0.240 e. The van der Waals surface area contributed by atoms with Gasteiger partial charge in [0.1, 0.15) is 11.1 Å². The number of nitrogens with zero attached hydrogens (tertiary/aromatic N) is 1. The minimum absolute atomic E-state index is 0.0784. The van der Waals surface area contributed by atoms with Crippen LogP contribution < -0.4 is 0 Å². The van der Waals surface area contributed by atoms with Gasteiger partial charge in [-0.15, -0.1) is 11.8 Å². The first kappa shape index (κ1) is 16.5. The number of rotatable bonds is 6. The van der Waals surface area contributed by atoms with Crippen LogP contribution in [0.2, 0.25) is 0 Å². The molecule has 1 atom stereocenters. The summed E-state index contributed by atoms with van der Waals surface area (Å²) in [5.74, 6) is -0.390. The first-order valence-electron chi connectivity index (χ1n) is 6.95. The average molecular weight is 319 g/mol. The van der Waals surface area contributed by atoms with E-state index in [1.807, 2.05) is 30.3 Å². The van der Waals surface area contributed by atoms with Crippen molar-refractivity contribution in [2.24, 2.45) is 0 Å². The van der Waals surface area contributed by atoms with Gasteiger partial charge in [-0.25, -0.2) is 4.39 Å². The normalized spacial score (nSPS) is 12.0. The van der Waals surface area contributed by atoms with E-state index in [0.29, 0.717) is 0 Å². The Morgan fingerprint density at radius 1 is 1.18 bits per heavy atom. The van der Waals surface area contributed by atoms with Crippen molar-refractivity contribution in [3.8, 4) is 0 Å². The van der Waals surface area contributed by atoms with Crippen LogP contribution in [0.4, 0.5) is 4.39 Å². The van der Waals surface area contributed by atoms with Crippen LogP contribution in [0.5, 0.6) is 0 Å². The third kappa shape index (κ3) is 4.32. The van der Waals surface area contributed by atoms with Crippen molar-refractivity contribution >= 4 is 17.7 Å². The van der Waals surface area contributed by atoms with Crippen LogP contribution >= 0.6 is 11.8 Å². The molecule has 0 aromatic heterocycles. The van der Waals surface area contributed by atoms with Gasteiger partial charge in [0.2, 0.25) is 5.91 Å². The molecule has 22 heavy (non-hydrogen) atoms. The Morgan fingerprint density at radius 3 is 2.41 bits per heavy atom. The van der Waals surface area contributed by atoms with E-state index in [9.17, 15) is 9.18 Å². The predicted molar refractivity (Wildman–Crippen MR) is 86.2 cm³/mol. The maximum absolute atomic E-state index is 13.0. The van der Waals surface area contributed by atoms with Gasteiger partial charge in [0.25, 0.3) is 0 Å². The molecular formula is C17H18FNO2S. The van der Waals surface area contributed by atoms with E-state index in [1.165, 1.54) is 28.8 Å². The molecule has 2 rings (SSSR count). The van der Waals surface area contributed by atoms with E-state index < -0.39 is 5.25 Å². The monoisotopic (exact) mass is 319 g/mol. The van der Waals surface area contributed by atoms with Crippen LogP contribution in [-0.4, -0.2) is 36.1 Å². The van der Waals surface area contributed by atoms with Crippen molar-refractivity contribution in [2.75, 3.05) is 20.2 Å². The highest BCUT2D eigenvalue weighted by Crippen LogP contribution is 2.36. The summed E-state index contributed by atoms with van der Waals surface area (Å²) in [6, 6.07) is 15.5. The summed E-state index contributed by atoms with van der Waals surface area (Å²) < 4.78 is 13.0. The zero-order chi connectivity index (χ0) is 15.9. The van der Waals surface area contributed by atoms with E-state index in [0.717, 1.165) is 10.5 Å². The van der Waals surface area contributed by atoms with Crippen LogP contribution in [0, 0.1) is 5.82 Å². The molecular weight excluding hydrogens is 301 g/mol. The third-order valence-corrected chi connectivity index (χ3v) is 4.46. The van der Waals surface area contributed by atoms with Crippen LogP contribution in [-0.2, 0) is 4.79 Å². The highest BCUT2D eigenvalue weighted by molar-refractivity contribution is 8.00. The molecule has 3 nitrogen and oxygen atoms in total. The number of carbonyl (C=O) groups is 1. The van der Waals surface area contributed by atoms with E-state index in [1.54, 1.807) is 19.2 Å². The lowest BCUT2D eigenvalue weighted by Gasteiger charge is -2.23. The second-order valence-corrected chi connectivity index (χ2v) is 6.02. The second kappa shape index (κ2) is 7.96. The molecule has 116 valence electrons. The highest BCUT2D eigenvalue weighted by Gasteiger charge is 2.24. The number of aliphatic hydroxyl groups excluding tert-OH is 1. The van der Waals surface area contributed by atoms with Gasteiger partial charge in [0.15, 0.2) is 0 Å². The Hall–Kier alpha value is -1.85. The summed E-state index contributed by atoms with van der Waals surface area (Å²) in [6.07, 6.45) is 0. The molecule has 0 heterocycles. The second-order valence-electron chi connectivity index (χ2n) is 4.85. The number of likely N-dealkylation sites (N-methyl/N-ethyl adjacent to an activating group) is 1. The van der Waals surface area contributed by atoms with E-state index in [4.69, 9.17) is 5.11 Å². The van der Waals surface area contributed by atoms with Gasteiger partial charge in [-0.05, 0) is 29.8 Å². The molecule has 0 radical (unpaired) electrons. The Labute approximate surface area is 133 Å². The lowest BCUT2D eigenvalue weighted by Crippen LogP contribution is -2.32. The van der Waals surface area contributed by atoms with Crippen molar-refractivity contribution in [2.45, 2.75) is 10.1 Å². The first-order valence-corrected chi connectivity index (χ1v) is 7.83. The van der Waals surface area contributed by atoms with Gasteiger partial charge in [0.05, 0.1) is 6.61 Å².